The average Bonchev–Trinajstić information content (AvgIpc) is 2.16. The fraction of sp³-hybridized carbons (Fsp3) is 0.500. The zero-order chi connectivity index (χ0) is 10.6. The third-order valence-corrected chi connectivity index (χ3v) is 2.87. The lowest BCUT2D eigenvalue weighted by atomic mass is 10.0. The summed E-state index contributed by atoms with van der Waals surface area (Å²) in [5.74, 6) is 0. The van der Waals surface area contributed by atoms with Gasteiger partial charge >= 0.3 is 0 Å². The molecule has 2 heteroatoms. The molecule has 0 saturated heterocycles. The molecule has 0 unspecified atom stereocenters. The van der Waals surface area contributed by atoms with Gasteiger partial charge in [0, 0.05) is 6.54 Å². The lowest BCUT2D eigenvalue weighted by Crippen LogP contribution is -2.19. The molecule has 0 saturated carbocycles. The van der Waals surface area contributed by atoms with Crippen molar-refractivity contribution < 1.29 is 0 Å². The van der Waals surface area contributed by atoms with Gasteiger partial charge in [0.25, 0.3) is 0 Å². The minimum absolute atomic E-state index is 0.602. The number of halogens is 1. The summed E-state index contributed by atoms with van der Waals surface area (Å²) in [5, 5.41) is 0. The molecule has 0 bridgehead atoms. The highest BCUT2D eigenvalue weighted by Crippen LogP contribution is 2.11. The molecule has 0 heterocycles. The van der Waals surface area contributed by atoms with Crippen LogP contribution in [0.3, 0.4) is 0 Å². The van der Waals surface area contributed by atoms with E-state index in [0.717, 1.165) is 13.0 Å². The SMILES string of the molecule is Cc1ccc(CCN(C)CCl)c(C)c1. The van der Waals surface area contributed by atoms with Crippen LogP contribution in [0.4, 0.5) is 0 Å². The van der Waals surface area contributed by atoms with Gasteiger partial charge < -0.3 is 0 Å². The summed E-state index contributed by atoms with van der Waals surface area (Å²) in [6, 6.07) is 7.22. The lowest BCUT2D eigenvalue weighted by molar-refractivity contribution is 0.394. The van der Waals surface area contributed by atoms with E-state index < -0.39 is 0 Å². The topological polar surface area (TPSA) is 3.24 Å². The van der Waals surface area contributed by atoms with Crippen LogP contribution in [-0.2, 0) is 6.42 Å². The van der Waals surface area contributed by atoms with Gasteiger partial charge in [-0.05, 0) is 38.4 Å². The number of hydrogen-bond acceptors (Lipinski definition) is 1. The maximum Gasteiger partial charge on any atom is 0.0736 e. The third kappa shape index (κ3) is 3.32. The van der Waals surface area contributed by atoms with E-state index in [0.29, 0.717) is 6.00 Å². The Labute approximate surface area is 91.7 Å². The number of benzene rings is 1. The summed E-state index contributed by atoms with van der Waals surface area (Å²) in [6.45, 7) is 5.32. The van der Waals surface area contributed by atoms with Gasteiger partial charge in [0.05, 0.1) is 6.00 Å². The molecular formula is C12H18ClN. The fourth-order valence-corrected chi connectivity index (χ4v) is 1.62. The molecule has 0 N–H and O–H groups in total. The van der Waals surface area contributed by atoms with E-state index in [1.54, 1.807) is 0 Å². The van der Waals surface area contributed by atoms with E-state index in [1.165, 1.54) is 16.7 Å². The Morgan fingerprint density at radius 2 is 2.00 bits per heavy atom. The van der Waals surface area contributed by atoms with Crippen molar-refractivity contribution in [2.75, 3.05) is 19.6 Å². The summed E-state index contributed by atoms with van der Waals surface area (Å²) in [5.41, 5.74) is 4.14. The molecule has 78 valence electrons. The van der Waals surface area contributed by atoms with Crippen LogP contribution in [0.5, 0.6) is 0 Å². The second-order valence-corrected chi connectivity index (χ2v) is 4.12. The van der Waals surface area contributed by atoms with Crippen LogP contribution in [0.25, 0.3) is 0 Å². The zero-order valence-corrected chi connectivity index (χ0v) is 9.93. The first-order chi connectivity index (χ1) is 6.63. The third-order valence-electron chi connectivity index (χ3n) is 2.46. The average molecular weight is 212 g/mol. The van der Waals surface area contributed by atoms with E-state index in [4.69, 9.17) is 11.6 Å². The quantitative estimate of drug-likeness (QED) is 0.547. The van der Waals surface area contributed by atoms with Crippen molar-refractivity contribution in [3.05, 3.63) is 34.9 Å². The minimum Gasteiger partial charge on any atom is -0.293 e. The van der Waals surface area contributed by atoms with E-state index in [-0.39, 0.29) is 0 Å². The van der Waals surface area contributed by atoms with Crippen molar-refractivity contribution in [2.24, 2.45) is 0 Å². The molecule has 0 spiro atoms. The van der Waals surface area contributed by atoms with Gasteiger partial charge in [0.1, 0.15) is 0 Å². The monoisotopic (exact) mass is 211 g/mol. The van der Waals surface area contributed by atoms with Crippen molar-refractivity contribution >= 4 is 11.6 Å². The summed E-state index contributed by atoms with van der Waals surface area (Å²) in [6.07, 6.45) is 1.08. The maximum absolute atomic E-state index is 5.71. The van der Waals surface area contributed by atoms with Gasteiger partial charge in [0.15, 0.2) is 0 Å². The molecule has 1 rings (SSSR count). The zero-order valence-electron chi connectivity index (χ0n) is 9.18. The normalized spacial score (nSPS) is 10.9. The van der Waals surface area contributed by atoms with Gasteiger partial charge in [-0.25, -0.2) is 0 Å². The fourth-order valence-electron chi connectivity index (χ4n) is 1.50. The molecule has 0 fully saturated rings. The first-order valence-electron chi connectivity index (χ1n) is 4.94. The Balaban J connectivity index is 2.59. The second kappa shape index (κ2) is 5.38. The number of likely N-dealkylation sites (N-methyl/N-ethyl adjacent to an activating group) is 1. The number of aryl methyl sites for hydroxylation is 2. The van der Waals surface area contributed by atoms with Gasteiger partial charge in [-0.3, -0.25) is 4.90 Å². The highest BCUT2D eigenvalue weighted by Gasteiger charge is 2.00. The standard InChI is InChI=1S/C12H18ClN/c1-10-4-5-12(11(2)8-10)6-7-14(3)9-13/h4-5,8H,6-7,9H2,1-3H3. The Hall–Kier alpha value is -0.530. The van der Waals surface area contributed by atoms with Crippen LogP contribution in [0, 0.1) is 13.8 Å². The van der Waals surface area contributed by atoms with Gasteiger partial charge in [-0.15, -0.1) is 11.6 Å². The first-order valence-corrected chi connectivity index (χ1v) is 5.47. The van der Waals surface area contributed by atoms with Crippen LogP contribution >= 0.6 is 11.6 Å². The smallest absolute Gasteiger partial charge is 0.0736 e. The number of nitrogens with zero attached hydrogens (tertiary/aromatic N) is 1. The molecule has 0 atom stereocenters. The molecule has 0 aromatic heterocycles. The molecule has 0 aliphatic rings. The molecule has 1 aromatic carbocycles. The van der Waals surface area contributed by atoms with E-state index in [2.05, 4.69) is 36.9 Å². The van der Waals surface area contributed by atoms with Crippen LogP contribution in [0.1, 0.15) is 16.7 Å². The van der Waals surface area contributed by atoms with Crippen molar-refractivity contribution in [1.82, 2.24) is 4.90 Å². The number of rotatable bonds is 4. The molecule has 0 aliphatic heterocycles. The number of alkyl halides is 1. The summed E-state index contributed by atoms with van der Waals surface area (Å²) < 4.78 is 0. The Morgan fingerprint density at radius 1 is 1.29 bits per heavy atom. The van der Waals surface area contributed by atoms with E-state index >= 15 is 0 Å². The molecule has 14 heavy (non-hydrogen) atoms. The molecule has 0 radical (unpaired) electrons. The lowest BCUT2D eigenvalue weighted by Gasteiger charge is -2.13. The molecular weight excluding hydrogens is 194 g/mol. The van der Waals surface area contributed by atoms with Gasteiger partial charge in [0.2, 0.25) is 0 Å². The molecule has 0 amide bonds. The minimum atomic E-state index is 0.602. The van der Waals surface area contributed by atoms with Crippen molar-refractivity contribution in [2.45, 2.75) is 20.3 Å². The second-order valence-electron chi connectivity index (χ2n) is 3.88. The molecule has 0 aliphatic carbocycles. The van der Waals surface area contributed by atoms with Crippen molar-refractivity contribution in [1.29, 1.82) is 0 Å². The van der Waals surface area contributed by atoms with Crippen LogP contribution < -0.4 is 0 Å². The molecule has 1 nitrogen and oxygen atoms in total. The van der Waals surface area contributed by atoms with Gasteiger partial charge in [-0.2, -0.15) is 0 Å². The summed E-state index contributed by atoms with van der Waals surface area (Å²) >= 11 is 5.71. The maximum atomic E-state index is 5.71. The van der Waals surface area contributed by atoms with E-state index in [1.807, 2.05) is 7.05 Å². The highest BCUT2D eigenvalue weighted by atomic mass is 35.5. The van der Waals surface area contributed by atoms with Crippen LogP contribution in [-0.4, -0.2) is 24.5 Å². The highest BCUT2D eigenvalue weighted by molar-refractivity contribution is 6.17. The summed E-state index contributed by atoms with van der Waals surface area (Å²) in [4.78, 5) is 2.11. The predicted molar refractivity (Wildman–Crippen MR) is 63.0 cm³/mol. The predicted octanol–water partition coefficient (Wildman–Crippen LogP) is 2.97. The van der Waals surface area contributed by atoms with Crippen LogP contribution in [0.2, 0.25) is 0 Å². The molecule has 1 aromatic rings. The van der Waals surface area contributed by atoms with Gasteiger partial charge in [-0.1, -0.05) is 23.8 Å². The van der Waals surface area contributed by atoms with Crippen LogP contribution in [0.15, 0.2) is 18.2 Å². The Morgan fingerprint density at radius 3 is 2.57 bits per heavy atom. The first kappa shape index (κ1) is 11.5. The van der Waals surface area contributed by atoms with Crippen molar-refractivity contribution in [3.63, 3.8) is 0 Å². The van der Waals surface area contributed by atoms with E-state index in [9.17, 15) is 0 Å². The summed E-state index contributed by atoms with van der Waals surface area (Å²) in [7, 11) is 2.04. The largest absolute Gasteiger partial charge is 0.293 e. The van der Waals surface area contributed by atoms with Crippen molar-refractivity contribution in [3.8, 4) is 0 Å². The Kier molecular flexibility index (Phi) is 4.43. The number of hydrogen-bond donors (Lipinski definition) is 0. The Bertz CT molecular complexity index is 296.